The zero-order chi connectivity index (χ0) is 14.4. The lowest BCUT2D eigenvalue weighted by molar-refractivity contribution is -0.772. The summed E-state index contributed by atoms with van der Waals surface area (Å²) in [6, 6.07) is 3.55. The first-order chi connectivity index (χ1) is 9.66. The van der Waals surface area contributed by atoms with E-state index in [1.165, 1.54) is 19.3 Å². The number of rotatable bonds is 4. The molecule has 0 aliphatic heterocycles. The Kier molecular flexibility index (Phi) is 5.38. The maximum atomic E-state index is 11.9. The van der Waals surface area contributed by atoms with E-state index in [1.54, 1.807) is 31.5 Å². The minimum Gasteiger partial charge on any atom is -0.599 e. The highest BCUT2D eigenvalue weighted by atomic mass is 16.5. The molecule has 1 aromatic heterocycles. The molecule has 1 atom stereocenters. The predicted octanol–water partition coefficient (Wildman–Crippen LogP) is 1.69. The summed E-state index contributed by atoms with van der Waals surface area (Å²) in [6.07, 6.45) is 9.35. The fraction of sp³-hybridized carbons (Fsp3) is 0.533. The standard InChI is InChI=1S/C15H21N3O2/c1-12(14-7-9-16-10-8-14)17-18(20)15(19)11-13-5-3-2-4-6-13/h7-10,13,18H,2-6,11H2,1H3. The molecule has 0 bridgehead atoms. The van der Waals surface area contributed by atoms with Crippen molar-refractivity contribution in [1.29, 1.82) is 0 Å². The maximum Gasteiger partial charge on any atom is 0.338 e. The van der Waals surface area contributed by atoms with Crippen LogP contribution >= 0.6 is 0 Å². The van der Waals surface area contributed by atoms with Crippen LogP contribution in [0.3, 0.4) is 0 Å². The van der Waals surface area contributed by atoms with Gasteiger partial charge in [0.2, 0.25) is 0 Å². The van der Waals surface area contributed by atoms with Gasteiger partial charge in [-0.15, -0.1) is 0 Å². The highest BCUT2D eigenvalue weighted by Gasteiger charge is 2.21. The van der Waals surface area contributed by atoms with Crippen LogP contribution in [-0.2, 0) is 4.79 Å². The Morgan fingerprint density at radius 3 is 2.65 bits per heavy atom. The SMILES string of the molecule is CC(=N[NH+]([O-])C(=O)CC1CCCCC1)c1ccncc1. The third kappa shape index (κ3) is 4.21. The Morgan fingerprint density at radius 2 is 2.00 bits per heavy atom. The number of hydrogen-bond donors (Lipinski definition) is 1. The summed E-state index contributed by atoms with van der Waals surface area (Å²) in [5.41, 5.74) is 1.38. The second-order valence-corrected chi connectivity index (χ2v) is 5.37. The Bertz CT molecular complexity index is 467. The molecule has 2 rings (SSSR count). The van der Waals surface area contributed by atoms with Crippen LogP contribution in [-0.4, -0.2) is 16.6 Å². The summed E-state index contributed by atoms with van der Waals surface area (Å²) in [6.45, 7) is 1.74. The number of quaternary nitrogens is 1. The summed E-state index contributed by atoms with van der Waals surface area (Å²) in [7, 11) is 0. The highest BCUT2D eigenvalue weighted by molar-refractivity contribution is 5.98. The van der Waals surface area contributed by atoms with E-state index < -0.39 is 5.17 Å². The van der Waals surface area contributed by atoms with Gasteiger partial charge in [-0.2, -0.15) is 5.17 Å². The summed E-state index contributed by atoms with van der Waals surface area (Å²) in [5, 5.41) is 15.1. The zero-order valence-corrected chi connectivity index (χ0v) is 11.8. The molecule has 1 saturated carbocycles. The van der Waals surface area contributed by atoms with Crippen molar-refractivity contribution in [3.63, 3.8) is 0 Å². The number of hydroxylamine groups is 1. The Hall–Kier alpha value is -1.59. The van der Waals surface area contributed by atoms with Crippen molar-refractivity contribution in [3.05, 3.63) is 35.3 Å². The molecule has 1 heterocycles. The van der Waals surface area contributed by atoms with Gasteiger partial charge >= 0.3 is 5.91 Å². The van der Waals surface area contributed by atoms with Crippen LogP contribution in [0.2, 0.25) is 0 Å². The Balaban J connectivity index is 1.93. The molecule has 0 radical (unpaired) electrons. The van der Waals surface area contributed by atoms with Crippen molar-refractivity contribution in [2.45, 2.75) is 45.4 Å². The lowest BCUT2D eigenvalue weighted by Gasteiger charge is -2.22. The van der Waals surface area contributed by atoms with Gasteiger partial charge in [-0.25, -0.2) is 4.79 Å². The molecule has 1 aliphatic carbocycles. The average Bonchev–Trinajstić information content (AvgIpc) is 2.49. The smallest absolute Gasteiger partial charge is 0.338 e. The molecule has 1 aromatic rings. The van der Waals surface area contributed by atoms with Crippen LogP contribution in [0.25, 0.3) is 0 Å². The van der Waals surface area contributed by atoms with Crippen LogP contribution in [0, 0.1) is 11.1 Å². The second-order valence-electron chi connectivity index (χ2n) is 5.37. The lowest BCUT2D eigenvalue weighted by Crippen LogP contribution is -3.05. The van der Waals surface area contributed by atoms with Crippen molar-refractivity contribution in [3.8, 4) is 0 Å². The van der Waals surface area contributed by atoms with Gasteiger partial charge in [-0.05, 0) is 37.8 Å². The minimum absolute atomic E-state index is 0.353. The molecule has 1 fully saturated rings. The van der Waals surface area contributed by atoms with Crippen molar-refractivity contribution < 1.29 is 9.97 Å². The first-order valence-electron chi connectivity index (χ1n) is 7.19. The Labute approximate surface area is 119 Å². The van der Waals surface area contributed by atoms with Crippen molar-refractivity contribution in [1.82, 2.24) is 4.98 Å². The van der Waals surface area contributed by atoms with E-state index in [4.69, 9.17) is 0 Å². The van der Waals surface area contributed by atoms with Crippen molar-refractivity contribution in [2.75, 3.05) is 0 Å². The molecule has 5 heteroatoms. The molecule has 1 amide bonds. The quantitative estimate of drug-likeness (QED) is 0.671. The monoisotopic (exact) mass is 275 g/mol. The summed E-state index contributed by atoms with van der Waals surface area (Å²) in [5.74, 6) is 0.0157. The number of aromatic nitrogens is 1. The maximum absolute atomic E-state index is 11.9. The summed E-state index contributed by atoms with van der Waals surface area (Å²) in [4.78, 5) is 15.8. The molecule has 20 heavy (non-hydrogen) atoms. The highest BCUT2D eigenvalue weighted by Crippen LogP contribution is 2.25. The molecule has 108 valence electrons. The van der Waals surface area contributed by atoms with Gasteiger partial charge in [0.1, 0.15) is 5.71 Å². The van der Waals surface area contributed by atoms with E-state index in [9.17, 15) is 10.0 Å². The van der Waals surface area contributed by atoms with Gasteiger partial charge in [-0.1, -0.05) is 24.4 Å². The average molecular weight is 275 g/mol. The normalized spacial score (nSPS) is 18.8. The molecular formula is C15H21N3O2. The number of amides is 1. The number of carbonyl (C=O) groups is 1. The first kappa shape index (κ1) is 14.8. The summed E-state index contributed by atoms with van der Waals surface area (Å²) < 4.78 is 0. The molecular weight excluding hydrogens is 254 g/mol. The summed E-state index contributed by atoms with van der Waals surface area (Å²) >= 11 is 0. The van der Waals surface area contributed by atoms with Crippen LogP contribution in [0.5, 0.6) is 0 Å². The number of nitrogens with zero attached hydrogens (tertiary/aromatic N) is 2. The first-order valence-corrected chi connectivity index (χ1v) is 7.19. The zero-order valence-electron chi connectivity index (χ0n) is 11.8. The van der Waals surface area contributed by atoms with Crippen LogP contribution in [0.1, 0.15) is 51.0 Å². The number of hydrogen-bond acceptors (Lipinski definition) is 4. The van der Waals surface area contributed by atoms with E-state index in [0.29, 0.717) is 18.1 Å². The molecule has 1 aliphatic rings. The molecule has 0 aromatic carbocycles. The van der Waals surface area contributed by atoms with E-state index in [0.717, 1.165) is 18.4 Å². The molecule has 0 saturated heterocycles. The third-order valence-corrected chi connectivity index (χ3v) is 3.80. The van der Waals surface area contributed by atoms with Gasteiger partial charge < -0.3 is 5.21 Å². The van der Waals surface area contributed by atoms with E-state index in [2.05, 4.69) is 10.1 Å². The van der Waals surface area contributed by atoms with Gasteiger partial charge in [0.15, 0.2) is 0 Å². The number of nitrogens with one attached hydrogen (secondary N) is 1. The van der Waals surface area contributed by atoms with Crippen LogP contribution in [0.4, 0.5) is 0 Å². The minimum atomic E-state index is -0.620. The van der Waals surface area contributed by atoms with E-state index in [-0.39, 0.29) is 5.91 Å². The molecule has 1 N–H and O–H groups in total. The van der Waals surface area contributed by atoms with Gasteiger partial charge in [0.25, 0.3) is 0 Å². The van der Waals surface area contributed by atoms with Crippen LogP contribution in [0.15, 0.2) is 29.6 Å². The predicted molar refractivity (Wildman–Crippen MR) is 77.0 cm³/mol. The van der Waals surface area contributed by atoms with E-state index in [1.807, 2.05) is 0 Å². The molecule has 1 unspecified atom stereocenters. The topological polar surface area (TPSA) is 69.8 Å². The van der Waals surface area contributed by atoms with Gasteiger partial charge in [0, 0.05) is 18.0 Å². The van der Waals surface area contributed by atoms with Crippen LogP contribution < -0.4 is 5.17 Å². The van der Waals surface area contributed by atoms with E-state index >= 15 is 0 Å². The van der Waals surface area contributed by atoms with Crippen molar-refractivity contribution in [2.24, 2.45) is 11.0 Å². The molecule has 0 spiro atoms. The van der Waals surface area contributed by atoms with Gasteiger partial charge in [0.05, 0.1) is 6.42 Å². The number of pyridine rings is 1. The van der Waals surface area contributed by atoms with Crippen molar-refractivity contribution >= 4 is 11.6 Å². The largest absolute Gasteiger partial charge is 0.599 e. The van der Waals surface area contributed by atoms with Gasteiger partial charge in [-0.3, -0.25) is 4.98 Å². The Morgan fingerprint density at radius 1 is 1.35 bits per heavy atom. The molecule has 5 nitrogen and oxygen atoms in total. The fourth-order valence-electron chi connectivity index (χ4n) is 2.61. The third-order valence-electron chi connectivity index (χ3n) is 3.80. The number of carbonyl (C=O) groups excluding carboxylic acids is 1. The second kappa shape index (κ2) is 7.26. The lowest BCUT2D eigenvalue weighted by atomic mass is 9.87. The fourth-order valence-corrected chi connectivity index (χ4v) is 2.61.